The molecule has 0 aromatic heterocycles. The SMILES string of the molecule is C/C=C\CCCC(=O)O.CC.CCCCC(C)(C)C/C=C/[C@H]1CC[C@@H](Cl)C1. The fourth-order valence-electron chi connectivity index (χ4n) is 3.01. The zero-order valence-corrected chi connectivity index (χ0v) is 19.5. The predicted molar refractivity (Wildman–Crippen MR) is 122 cm³/mol. The molecule has 1 fully saturated rings. The molecule has 2 atom stereocenters. The third kappa shape index (κ3) is 19.8. The molecule has 27 heavy (non-hydrogen) atoms. The van der Waals surface area contributed by atoms with Crippen LogP contribution in [0.1, 0.15) is 106 Å². The van der Waals surface area contributed by atoms with Crippen molar-refractivity contribution in [2.45, 2.75) is 111 Å². The second-order valence-corrected chi connectivity index (χ2v) is 8.54. The van der Waals surface area contributed by atoms with Gasteiger partial charge in [0.25, 0.3) is 0 Å². The van der Waals surface area contributed by atoms with E-state index in [1.165, 1.54) is 44.9 Å². The minimum Gasteiger partial charge on any atom is -0.481 e. The van der Waals surface area contributed by atoms with E-state index in [-0.39, 0.29) is 6.42 Å². The lowest BCUT2D eigenvalue weighted by atomic mass is 9.83. The second-order valence-electron chi connectivity index (χ2n) is 7.93. The van der Waals surface area contributed by atoms with Crippen LogP contribution in [0.5, 0.6) is 0 Å². The molecule has 0 bridgehead atoms. The van der Waals surface area contributed by atoms with Gasteiger partial charge in [-0.25, -0.2) is 0 Å². The first-order chi connectivity index (χ1) is 12.8. The molecule has 3 heteroatoms. The number of alkyl halides is 1. The van der Waals surface area contributed by atoms with Crippen molar-refractivity contribution in [1.82, 2.24) is 0 Å². The monoisotopic (exact) mass is 400 g/mol. The summed E-state index contributed by atoms with van der Waals surface area (Å²) in [4.78, 5) is 9.94. The maximum absolute atomic E-state index is 9.94. The maximum Gasteiger partial charge on any atom is 0.303 e. The number of allylic oxidation sites excluding steroid dienone is 4. The summed E-state index contributed by atoms with van der Waals surface area (Å²) >= 11 is 6.11. The summed E-state index contributed by atoms with van der Waals surface area (Å²) < 4.78 is 0. The van der Waals surface area contributed by atoms with Gasteiger partial charge in [0, 0.05) is 11.8 Å². The average Bonchev–Trinajstić information content (AvgIpc) is 3.04. The minimum atomic E-state index is -0.709. The number of hydrogen-bond donors (Lipinski definition) is 1. The van der Waals surface area contributed by atoms with E-state index in [4.69, 9.17) is 16.7 Å². The van der Waals surface area contributed by atoms with Crippen LogP contribution in [-0.2, 0) is 4.79 Å². The van der Waals surface area contributed by atoms with Crippen LogP contribution in [0.2, 0.25) is 0 Å². The van der Waals surface area contributed by atoms with E-state index in [1.54, 1.807) is 0 Å². The van der Waals surface area contributed by atoms with Crippen LogP contribution in [0.15, 0.2) is 24.3 Å². The normalized spacial score (nSPS) is 19.5. The highest BCUT2D eigenvalue weighted by Crippen LogP contribution is 2.32. The van der Waals surface area contributed by atoms with Gasteiger partial charge >= 0.3 is 5.97 Å². The summed E-state index contributed by atoms with van der Waals surface area (Å²) in [6.07, 6.45) is 19.5. The summed E-state index contributed by atoms with van der Waals surface area (Å²) in [6, 6.07) is 0. The summed E-state index contributed by atoms with van der Waals surface area (Å²) in [5.41, 5.74) is 0.478. The molecule has 0 spiro atoms. The third-order valence-corrected chi connectivity index (χ3v) is 5.09. The Labute approximate surface area is 174 Å². The van der Waals surface area contributed by atoms with Gasteiger partial charge in [-0.1, -0.05) is 71.8 Å². The molecule has 0 saturated heterocycles. The molecule has 1 rings (SSSR count). The Bertz CT molecular complexity index is 399. The van der Waals surface area contributed by atoms with Crippen molar-refractivity contribution >= 4 is 17.6 Å². The van der Waals surface area contributed by atoms with Gasteiger partial charge in [0.1, 0.15) is 0 Å². The quantitative estimate of drug-likeness (QED) is 0.227. The third-order valence-electron chi connectivity index (χ3n) is 4.69. The van der Waals surface area contributed by atoms with Gasteiger partial charge in [-0.2, -0.15) is 0 Å². The van der Waals surface area contributed by atoms with E-state index in [0.29, 0.717) is 10.8 Å². The smallest absolute Gasteiger partial charge is 0.303 e. The molecule has 0 unspecified atom stereocenters. The lowest BCUT2D eigenvalue weighted by molar-refractivity contribution is -0.137. The van der Waals surface area contributed by atoms with Gasteiger partial charge in [-0.15, -0.1) is 11.6 Å². The highest BCUT2D eigenvalue weighted by Gasteiger charge is 2.21. The summed E-state index contributed by atoms with van der Waals surface area (Å²) in [6.45, 7) is 13.0. The van der Waals surface area contributed by atoms with Crippen molar-refractivity contribution in [2.24, 2.45) is 11.3 Å². The van der Waals surface area contributed by atoms with Crippen molar-refractivity contribution in [2.75, 3.05) is 0 Å². The highest BCUT2D eigenvalue weighted by molar-refractivity contribution is 6.20. The van der Waals surface area contributed by atoms with Crippen molar-refractivity contribution in [3.8, 4) is 0 Å². The summed E-state index contributed by atoms with van der Waals surface area (Å²) in [5.74, 6) is 0.0454. The van der Waals surface area contributed by atoms with Gasteiger partial charge in [0.2, 0.25) is 0 Å². The van der Waals surface area contributed by atoms with E-state index in [0.717, 1.165) is 18.8 Å². The molecule has 0 radical (unpaired) electrons. The number of halogens is 1. The number of aliphatic carboxylic acids is 1. The van der Waals surface area contributed by atoms with E-state index in [2.05, 4.69) is 32.9 Å². The fraction of sp³-hybridized carbons (Fsp3) is 0.792. The van der Waals surface area contributed by atoms with E-state index < -0.39 is 5.97 Å². The van der Waals surface area contributed by atoms with Crippen molar-refractivity contribution in [3.05, 3.63) is 24.3 Å². The number of carboxylic acid groups (broad SMARTS) is 1. The first-order valence-electron chi connectivity index (χ1n) is 10.9. The fourth-order valence-corrected chi connectivity index (χ4v) is 3.36. The molecular formula is C24H45ClO2. The molecule has 0 aromatic carbocycles. The van der Waals surface area contributed by atoms with E-state index in [9.17, 15) is 4.79 Å². The van der Waals surface area contributed by atoms with Crippen molar-refractivity contribution < 1.29 is 9.90 Å². The summed E-state index contributed by atoms with van der Waals surface area (Å²) in [5, 5.41) is 8.62. The van der Waals surface area contributed by atoms with Crippen molar-refractivity contribution in [3.63, 3.8) is 0 Å². The standard InChI is InChI=1S/C15H27Cl.C7H12O2.C2H6/c1-4-5-10-15(2,3)11-6-7-13-8-9-14(16)12-13;1-2-3-4-5-6-7(8)9;1-2/h6-7,13-14H,4-5,8-12H2,1-3H3;2-3H,4-6H2,1H3,(H,8,9);1-2H3/b7-6+;3-2-;/t13-,14+;;/m0../s1. The molecule has 0 aromatic rings. The first kappa shape index (κ1) is 28.4. The molecule has 1 saturated carbocycles. The van der Waals surface area contributed by atoms with E-state index >= 15 is 0 Å². The number of hydrogen-bond acceptors (Lipinski definition) is 1. The zero-order valence-electron chi connectivity index (χ0n) is 18.8. The molecule has 2 nitrogen and oxygen atoms in total. The van der Waals surface area contributed by atoms with Crippen molar-refractivity contribution in [1.29, 1.82) is 0 Å². The Balaban J connectivity index is 0. The van der Waals surface area contributed by atoms with Crippen LogP contribution in [0.25, 0.3) is 0 Å². The largest absolute Gasteiger partial charge is 0.481 e. The van der Waals surface area contributed by atoms with Gasteiger partial charge in [0.15, 0.2) is 0 Å². The maximum atomic E-state index is 9.94. The van der Waals surface area contributed by atoms with Crippen LogP contribution in [-0.4, -0.2) is 16.5 Å². The van der Waals surface area contributed by atoms with Crippen LogP contribution in [0.3, 0.4) is 0 Å². The van der Waals surface area contributed by atoms with E-state index in [1.807, 2.05) is 32.9 Å². The van der Waals surface area contributed by atoms with Crippen LogP contribution in [0.4, 0.5) is 0 Å². The highest BCUT2D eigenvalue weighted by atomic mass is 35.5. The lowest BCUT2D eigenvalue weighted by Gasteiger charge is -2.22. The number of carbonyl (C=O) groups is 1. The van der Waals surface area contributed by atoms with Gasteiger partial charge in [-0.05, 0) is 63.2 Å². The Morgan fingerprint density at radius 1 is 1.19 bits per heavy atom. The van der Waals surface area contributed by atoms with Gasteiger partial charge in [-0.3, -0.25) is 4.79 Å². The van der Waals surface area contributed by atoms with Crippen LogP contribution in [0, 0.1) is 11.3 Å². The first-order valence-corrected chi connectivity index (χ1v) is 11.4. The minimum absolute atomic E-state index is 0.282. The molecule has 0 aliphatic heterocycles. The van der Waals surface area contributed by atoms with Crippen LogP contribution < -0.4 is 0 Å². The lowest BCUT2D eigenvalue weighted by Crippen LogP contribution is -2.09. The topological polar surface area (TPSA) is 37.3 Å². The predicted octanol–water partition coefficient (Wildman–Crippen LogP) is 8.40. The van der Waals surface area contributed by atoms with Gasteiger partial charge < -0.3 is 5.11 Å². The number of rotatable bonds is 10. The molecule has 1 N–H and O–H groups in total. The second kappa shape index (κ2) is 18.6. The molecule has 1 aliphatic carbocycles. The Kier molecular flexibility index (Phi) is 19.6. The summed E-state index contributed by atoms with van der Waals surface area (Å²) in [7, 11) is 0. The number of unbranched alkanes of at least 4 members (excludes halogenated alkanes) is 2. The molecule has 0 amide bonds. The Morgan fingerprint density at radius 3 is 2.33 bits per heavy atom. The molecule has 1 aliphatic rings. The zero-order chi connectivity index (χ0) is 21.1. The van der Waals surface area contributed by atoms with Crippen LogP contribution >= 0.6 is 11.6 Å². The molecule has 0 heterocycles. The molecular weight excluding hydrogens is 356 g/mol. The average molecular weight is 401 g/mol. The Hall–Kier alpha value is -0.760. The number of carboxylic acids is 1. The van der Waals surface area contributed by atoms with Gasteiger partial charge in [0.05, 0.1) is 0 Å². The molecule has 160 valence electrons. The Morgan fingerprint density at radius 2 is 1.85 bits per heavy atom.